The molecule has 2 aromatic carbocycles. The topological polar surface area (TPSA) is 60.1 Å². The first-order valence-electron chi connectivity index (χ1n) is 15.5. The Morgan fingerprint density at radius 2 is 1.77 bits per heavy atom. The highest BCUT2D eigenvalue weighted by Crippen LogP contribution is 2.27. The number of nitrogens with two attached hydrogens (primary N) is 1. The van der Waals surface area contributed by atoms with E-state index in [0.29, 0.717) is 12.5 Å². The summed E-state index contributed by atoms with van der Waals surface area (Å²) in [4.78, 5) is 8.06. The second-order valence-corrected chi connectivity index (χ2v) is 11.4. The maximum atomic E-state index is 6.19. The van der Waals surface area contributed by atoms with Crippen LogP contribution in [0.3, 0.4) is 0 Å². The van der Waals surface area contributed by atoms with Gasteiger partial charge in [0.05, 0.1) is 18.1 Å². The zero-order chi connectivity index (χ0) is 32.6. The summed E-state index contributed by atoms with van der Waals surface area (Å²) >= 11 is 0. The van der Waals surface area contributed by atoms with Gasteiger partial charge in [0.2, 0.25) is 0 Å². The standard InChI is InChI=1S/C25H37N3O.C14H16O/c1-8-18(5)21-10-12-22(13-11-21)24(19(6)9-2)27-29-20(7)23-14-15-28(16-23)25(26)17(3)4;1-4-7-13(5-2)14-9-6-8-12(10-14)11-15-3/h8,10-13,19,23H,7,9,14-16,26H2,1-6H3;4-10H,1-2,11H2,3H3/b18-8+,27-24+;13-7+. The second kappa shape index (κ2) is 18.5. The van der Waals surface area contributed by atoms with Gasteiger partial charge >= 0.3 is 0 Å². The lowest BCUT2D eigenvalue weighted by molar-refractivity contribution is 0.185. The summed E-state index contributed by atoms with van der Waals surface area (Å²) in [6, 6.07) is 16.8. The largest absolute Gasteiger partial charge is 0.385 e. The summed E-state index contributed by atoms with van der Waals surface area (Å²) < 4.78 is 5.09. The summed E-state index contributed by atoms with van der Waals surface area (Å²) in [6.07, 6.45) is 9.64. The van der Waals surface area contributed by atoms with E-state index >= 15 is 0 Å². The monoisotopic (exact) mass is 595 g/mol. The van der Waals surface area contributed by atoms with Gasteiger partial charge in [0.25, 0.3) is 0 Å². The van der Waals surface area contributed by atoms with Crippen molar-refractivity contribution in [3.05, 3.63) is 132 Å². The lowest BCUT2D eigenvalue weighted by Gasteiger charge is -2.20. The van der Waals surface area contributed by atoms with E-state index in [1.165, 1.54) is 11.1 Å². The SMILES string of the molecule is C=C(O/N=C(/c1ccc(/C(C)=C/C)cc1)C(C)CC)C1CCN(C(N)=C(C)C)C1.C=C/C=C(\C=C)c1cccc(COC)c1. The van der Waals surface area contributed by atoms with E-state index in [0.717, 1.165) is 71.1 Å². The number of nitrogens with zero attached hydrogens (tertiary/aromatic N) is 2. The molecule has 0 radical (unpaired) electrons. The molecular formula is C39H53N3O2. The van der Waals surface area contributed by atoms with E-state index in [-0.39, 0.29) is 5.92 Å². The Balaban J connectivity index is 0.000000378. The zero-order valence-corrected chi connectivity index (χ0v) is 28.0. The van der Waals surface area contributed by atoms with Crippen LogP contribution in [-0.4, -0.2) is 30.8 Å². The number of methoxy groups -OCH3 is 1. The highest BCUT2D eigenvalue weighted by molar-refractivity contribution is 6.02. The molecule has 1 fully saturated rings. The third-order valence-corrected chi connectivity index (χ3v) is 7.99. The van der Waals surface area contributed by atoms with Crippen molar-refractivity contribution in [1.29, 1.82) is 0 Å². The van der Waals surface area contributed by atoms with Gasteiger partial charge in [-0.1, -0.05) is 106 Å². The van der Waals surface area contributed by atoms with Crippen molar-refractivity contribution in [3.63, 3.8) is 0 Å². The number of ether oxygens (including phenoxy) is 1. The minimum Gasteiger partial charge on any atom is -0.385 e. The Kier molecular flexibility index (Phi) is 15.2. The fourth-order valence-electron chi connectivity index (χ4n) is 4.85. The lowest BCUT2D eigenvalue weighted by Crippen LogP contribution is -2.26. The Morgan fingerprint density at radius 3 is 2.34 bits per heavy atom. The number of benzene rings is 2. The molecule has 1 aliphatic rings. The van der Waals surface area contributed by atoms with Gasteiger partial charge in [0, 0.05) is 32.0 Å². The quantitative estimate of drug-likeness (QED) is 0.108. The Labute approximate surface area is 266 Å². The van der Waals surface area contributed by atoms with Crippen LogP contribution in [0.25, 0.3) is 11.1 Å². The molecule has 3 rings (SSSR count). The molecule has 5 heteroatoms. The molecule has 0 aromatic heterocycles. The molecule has 0 spiro atoms. The van der Waals surface area contributed by atoms with Crippen molar-refractivity contribution in [2.24, 2.45) is 22.7 Å². The summed E-state index contributed by atoms with van der Waals surface area (Å²) in [7, 11) is 1.70. The van der Waals surface area contributed by atoms with Crippen LogP contribution in [0.1, 0.15) is 76.6 Å². The number of oxime groups is 1. The smallest absolute Gasteiger partial charge is 0.132 e. The Morgan fingerprint density at radius 1 is 1.09 bits per heavy atom. The molecule has 2 aromatic rings. The highest BCUT2D eigenvalue weighted by Gasteiger charge is 2.27. The van der Waals surface area contributed by atoms with E-state index in [1.807, 2.05) is 38.1 Å². The zero-order valence-electron chi connectivity index (χ0n) is 28.0. The van der Waals surface area contributed by atoms with Crippen molar-refractivity contribution < 1.29 is 9.57 Å². The number of rotatable bonds is 13. The van der Waals surface area contributed by atoms with Gasteiger partial charge in [-0.2, -0.15) is 0 Å². The number of likely N-dealkylation sites (tertiary alicyclic amines) is 1. The second-order valence-electron chi connectivity index (χ2n) is 11.4. The molecule has 0 aliphatic carbocycles. The van der Waals surface area contributed by atoms with Crippen molar-refractivity contribution >= 4 is 16.9 Å². The Bertz CT molecular complexity index is 1370. The minimum atomic E-state index is 0.245. The predicted molar refractivity (Wildman–Crippen MR) is 190 cm³/mol. The molecule has 2 unspecified atom stereocenters. The molecular weight excluding hydrogens is 542 g/mol. The molecule has 0 amide bonds. The van der Waals surface area contributed by atoms with E-state index in [9.17, 15) is 0 Å². The van der Waals surface area contributed by atoms with Gasteiger partial charge in [-0.3, -0.25) is 0 Å². The third-order valence-electron chi connectivity index (χ3n) is 7.99. The van der Waals surface area contributed by atoms with Crippen LogP contribution in [0.2, 0.25) is 0 Å². The van der Waals surface area contributed by atoms with E-state index in [2.05, 4.69) is 100.0 Å². The molecule has 236 valence electrons. The summed E-state index contributed by atoms with van der Waals surface area (Å²) in [5.74, 6) is 2.13. The molecule has 1 aliphatic heterocycles. The molecule has 1 heterocycles. The van der Waals surface area contributed by atoms with E-state index in [4.69, 9.17) is 15.3 Å². The molecule has 44 heavy (non-hydrogen) atoms. The van der Waals surface area contributed by atoms with Crippen LogP contribution >= 0.6 is 0 Å². The van der Waals surface area contributed by atoms with Gasteiger partial charge in [-0.15, -0.1) is 0 Å². The fourth-order valence-corrected chi connectivity index (χ4v) is 4.85. The number of allylic oxidation sites excluding steroid dienone is 7. The van der Waals surface area contributed by atoms with Crippen LogP contribution < -0.4 is 5.73 Å². The van der Waals surface area contributed by atoms with Crippen molar-refractivity contribution in [2.75, 3.05) is 20.2 Å². The van der Waals surface area contributed by atoms with Gasteiger partial charge in [0.15, 0.2) is 0 Å². The van der Waals surface area contributed by atoms with Crippen LogP contribution in [-0.2, 0) is 16.2 Å². The third kappa shape index (κ3) is 10.6. The minimum absolute atomic E-state index is 0.245. The molecule has 5 nitrogen and oxygen atoms in total. The van der Waals surface area contributed by atoms with Crippen molar-refractivity contribution in [2.45, 2.75) is 61.0 Å². The highest BCUT2D eigenvalue weighted by atomic mass is 16.6. The van der Waals surface area contributed by atoms with Gasteiger partial charge in [0.1, 0.15) is 5.76 Å². The average molecular weight is 596 g/mol. The molecule has 2 N–H and O–H groups in total. The Hall–Kier alpha value is -4.09. The van der Waals surface area contributed by atoms with Crippen LogP contribution in [0.4, 0.5) is 0 Å². The maximum Gasteiger partial charge on any atom is 0.132 e. The van der Waals surface area contributed by atoms with Crippen molar-refractivity contribution in [1.82, 2.24) is 4.90 Å². The van der Waals surface area contributed by atoms with E-state index in [1.54, 1.807) is 13.2 Å². The van der Waals surface area contributed by atoms with Crippen LogP contribution in [0, 0.1) is 11.8 Å². The first kappa shape index (κ1) is 36.1. The van der Waals surface area contributed by atoms with Gasteiger partial charge in [-0.05, 0) is 85.6 Å². The summed E-state index contributed by atoms with van der Waals surface area (Å²) in [5.41, 5.74) is 15.3. The first-order chi connectivity index (χ1) is 21.1. The van der Waals surface area contributed by atoms with E-state index < -0.39 is 0 Å². The maximum absolute atomic E-state index is 6.19. The normalized spacial score (nSPS) is 16.0. The summed E-state index contributed by atoms with van der Waals surface area (Å²) in [5, 5.41) is 4.55. The van der Waals surface area contributed by atoms with Crippen molar-refractivity contribution in [3.8, 4) is 0 Å². The first-order valence-corrected chi connectivity index (χ1v) is 15.5. The van der Waals surface area contributed by atoms with Gasteiger partial charge in [-0.25, -0.2) is 0 Å². The number of hydrogen-bond acceptors (Lipinski definition) is 5. The molecule has 0 saturated carbocycles. The molecule has 0 bridgehead atoms. The molecule has 2 atom stereocenters. The lowest BCUT2D eigenvalue weighted by atomic mass is 9.94. The van der Waals surface area contributed by atoms with Crippen LogP contribution in [0.5, 0.6) is 0 Å². The predicted octanol–water partition coefficient (Wildman–Crippen LogP) is 9.51. The summed E-state index contributed by atoms with van der Waals surface area (Å²) in [6.45, 7) is 26.6. The fraction of sp³-hybridized carbons (Fsp3) is 0.359. The van der Waals surface area contributed by atoms with Crippen LogP contribution in [0.15, 0.2) is 115 Å². The van der Waals surface area contributed by atoms with Gasteiger partial charge < -0.3 is 20.2 Å². The number of hydrogen-bond donors (Lipinski definition) is 1. The average Bonchev–Trinajstić information content (AvgIpc) is 3.54. The molecule has 1 saturated heterocycles.